The number of anilines is 2. The fourth-order valence-corrected chi connectivity index (χ4v) is 3.58. The van der Waals surface area contributed by atoms with Crippen LogP contribution in [0.15, 0.2) is 42.5 Å². The van der Waals surface area contributed by atoms with Gasteiger partial charge in [0.15, 0.2) is 0 Å². The molecule has 2 amide bonds. The molecule has 3 aromatic rings. The molecule has 0 bridgehead atoms. The van der Waals surface area contributed by atoms with Crippen molar-refractivity contribution in [3.63, 3.8) is 0 Å². The summed E-state index contributed by atoms with van der Waals surface area (Å²) >= 11 is 0. The molecule has 9 heteroatoms. The van der Waals surface area contributed by atoms with Gasteiger partial charge in [-0.25, -0.2) is 0 Å². The normalized spacial score (nSPS) is 13.4. The maximum absolute atomic E-state index is 12.4. The highest BCUT2D eigenvalue weighted by molar-refractivity contribution is 5.93. The lowest BCUT2D eigenvalue weighted by Crippen LogP contribution is -2.21. The summed E-state index contributed by atoms with van der Waals surface area (Å²) in [5.74, 6) is -0.375. The summed E-state index contributed by atoms with van der Waals surface area (Å²) in [4.78, 5) is 27.2. The molecule has 0 radical (unpaired) electrons. The van der Waals surface area contributed by atoms with Gasteiger partial charge < -0.3 is 16.0 Å². The van der Waals surface area contributed by atoms with Crippen molar-refractivity contribution in [3.8, 4) is 11.4 Å². The van der Waals surface area contributed by atoms with E-state index in [0.29, 0.717) is 17.0 Å². The first-order valence-electron chi connectivity index (χ1n) is 9.83. The fourth-order valence-electron chi connectivity index (χ4n) is 3.58. The number of hydrogen-bond donors (Lipinski definition) is 2. The summed E-state index contributed by atoms with van der Waals surface area (Å²) in [6, 6.07) is 12.5. The number of nitrogens with two attached hydrogens (primary N) is 1. The summed E-state index contributed by atoms with van der Waals surface area (Å²) in [6.45, 7) is 4.16. The lowest BCUT2D eigenvalue weighted by molar-refractivity contribution is -0.117. The van der Waals surface area contributed by atoms with Gasteiger partial charge in [-0.1, -0.05) is 12.1 Å². The zero-order chi connectivity index (χ0) is 21.1. The summed E-state index contributed by atoms with van der Waals surface area (Å²) in [7, 11) is 0. The predicted octanol–water partition coefficient (Wildman–Crippen LogP) is 1.99. The SMILES string of the molecule is Cc1cc(NC(=O)Cn2nnc(-c3ccc(C(N)=O)cc3)n2)ccc1N1CCCC1. The molecule has 4 rings (SSSR count). The minimum atomic E-state index is -0.501. The molecule has 1 saturated heterocycles. The van der Waals surface area contributed by atoms with E-state index in [4.69, 9.17) is 5.73 Å². The molecule has 2 aromatic carbocycles. The second-order valence-electron chi connectivity index (χ2n) is 7.33. The van der Waals surface area contributed by atoms with Crippen LogP contribution in [-0.2, 0) is 11.3 Å². The fraction of sp³-hybridized carbons (Fsp3) is 0.286. The van der Waals surface area contributed by atoms with Gasteiger partial charge in [-0.3, -0.25) is 9.59 Å². The van der Waals surface area contributed by atoms with Gasteiger partial charge in [0.05, 0.1) is 0 Å². The summed E-state index contributed by atoms with van der Waals surface area (Å²) in [6.07, 6.45) is 2.44. The molecule has 1 aliphatic heterocycles. The van der Waals surface area contributed by atoms with Gasteiger partial charge >= 0.3 is 0 Å². The lowest BCUT2D eigenvalue weighted by atomic mass is 10.1. The highest BCUT2D eigenvalue weighted by atomic mass is 16.2. The van der Waals surface area contributed by atoms with Crippen LogP contribution in [0.2, 0.25) is 0 Å². The predicted molar refractivity (Wildman–Crippen MR) is 113 cm³/mol. The van der Waals surface area contributed by atoms with E-state index in [2.05, 4.69) is 38.6 Å². The number of primary amides is 1. The van der Waals surface area contributed by atoms with Crippen LogP contribution < -0.4 is 16.0 Å². The van der Waals surface area contributed by atoms with E-state index in [1.54, 1.807) is 24.3 Å². The highest BCUT2D eigenvalue weighted by Crippen LogP contribution is 2.26. The number of aryl methyl sites for hydroxylation is 1. The van der Waals surface area contributed by atoms with E-state index < -0.39 is 5.91 Å². The molecule has 154 valence electrons. The van der Waals surface area contributed by atoms with Crippen molar-refractivity contribution in [2.75, 3.05) is 23.3 Å². The number of hydrogen-bond acceptors (Lipinski definition) is 6. The average molecular weight is 405 g/mol. The molecule has 2 heterocycles. The minimum absolute atomic E-state index is 0.0563. The lowest BCUT2D eigenvalue weighted by Gasteiger charge is -2.20. The Morgan fingerprint density at radius 1 is 1.10 bits per heavy atom. The zero-order valence-electron chi connectivity index (χ0n) is 16.7. The monoisotopic (exact) mass is 405 g/mol. The van der Waals surface area contributed by atoms with E-state index in [0.717, 1.165) is 24.3 Å². The Balaban J connectivity index is 1.38. The Bertz CT molecular complexity index is 1070. The maximum atomic E-state index is 12.4. The van der Waals surface area contributed by atoms with Crippen molar-refractivity contribution in [2.24, 2.45) is 5.73 Å². The second-order valence-corrected chi connectivity index (χ2v) is 7.33. The van der Waals surface area contributed by atoms with E-state index in [-0.39, 0.29) is 12.5 Å². The van der Waals surface area contributed by atoms with Crippen molar-refractivity contribution in [1.82, 2.24) is 20.2 Å². The topological polar surface area (TPSA) is 119 Å². The number of nitrogens with zero attached hydrogens (tertiary/aromatic N) is 5. The van der Waals surface area contributed by atoms with Crippen molar-refractivity contribution >= 4 is 23.2 Å². The van der Waals surface area contributed by atoms with E-state index in [1.165, 1.54) is 23.3 Å². The van der Waals surface area contributed by atoms with Crippen molar-refractivity contribution in [2.45, 2.75) is 26.3 Å². The third kappa shape index (κ3) is 4.29. The van der Waals surface area contributed by atoms with E-state index in [1.807, 2.05) is 12.1 Å². The number of benzene rings is 2. The van der Waals surface area contributed by atoms with Gasteiger partial charge in [0.1, 0.15) is 6.54 Å². The number of carbonyl (C=O) groups excluding carboxylic acids is 2. The second kappa shape index (κ2) is 8.32. The summed E-state index contributed by atoms with van der Waals surface area (Å²) in [5, 5.41) is 15.0. The minimum Gasteiger partial charge on any atom is -0.371 e. The molecule has 3 N–H and O–H groups in total. The molecular formula is C21H23N7O2. The molecule has 0 spiro atoms. The molecule has 9 nitrogen and oxygen atoms in total. The van der Waals surface area contributed by atoms with Gasteiger partial charge in [0.2, 0.25) is 17.6 Å². The molecule has 0 unspecified atom stereocenters. The number of rotatable bonds is 6. The van der Waals surface area contributed by atoms with Crippen LogP contribution in [0.1, 0.15) is 28.8 Å². The molecule has 1 aliphatic rings. The van der Waals surface area contributed by atoms with E-state index >= 15 is 0 Å². The first-order valence-corrected chi connectivity index (χ1v) is 9.83. The smallest absolute Gasteiger partial charge is 0.248 e. The third-order valence-corrected chi connectivity index (χ3v) is 5.09. The van der Waals surface area contributed by atoms with Crippen LogP contribution in [0.25, 0.3) is 11.4 Å². The van der Waals surface area contributed by atoms with Crippen LogP contribution in [0.4, 0.5) is 11.4 Å². The Kier molecular flexibility index (Phi) is 5.42. The first-order chi connectivity index (χ1) is 14.5. The molecule has 1 aromatic heterocycles. The Morgan fingerprint density at radius 2 is 1.83 bits per heavy atom. The van der Waals surface area contributed by atoms with Crippen LogP contribution in [0.3, 0.4) is 0 Å². The number of nitrogens with one attached hydrogen (secondary N) is 1. The van der Waals surface area contributed by atoms with Crippen LogP contribution in [-0.4, -0.2) is 45.1 Å². The first kappa shape index (κ1) is 19.6. The van der Waals surface area contributed by atoms with E-state index in [9.17, 15) is 9.59 Å². The van der Waals surface area contributed by atoms with Crippen molar-refractivity contribution < 1.29 is 9.59 Å². The quantitative estimate of drug-likeness (QED) is 0.647. The number of amides is 2. The van der Waals surface area contributed by atoms with Crippen LogP contribution in [0, 0.1) is 6.92 Å². The number of aromatic nitrogens is 4. The van der Waals surface area contributed by atoms with Crippen LogP contribution >= 0.6 is 0 Å². The summed E-state index contributed by atoms with van der Waals surface area (Å²) < 4.78 is 0. The highest BCUT2D eigenvalue weighted by Gasteiger charge is 2.15. The number of tetrazole rings is 1. The number of carbonyl (C=O) groups is 2. The molecule has 1 fully saturated rings. The molecule has 0 atom stereocenters. The standard InChI is InChI=1S/C21H23N7O2/c1-14-12-17(8-9-18(14)27-10-2-3-11-27)23-19(29)13-28-25-21(24-26-28)16-6-4-15(5-7-16)20(22)30/h4-9,12H,2-3,10-11,13H2,1H3,(H2,22,30)(H,23,29). The Labute approximate surface area is 173 Å². The Hall–Kier alpha value is -3.75. The molecular weight excluding hydrogens is 382 g/mol. The third-order valence-electron chi connectivity index (χ3n) is 5.09. The van der Waals surface area contributed by atoms with Gasteiger partial charge in [-0.2, -0.15) is 4.80 Å². The van der Waals surface area contributed by atoms with Gasteiger partial charge in [-0.15, -0.1) is 10.2 Å². The maximum Gasteiger partial charge on any atom is 0.248 e. The van der Waals surface area contributed by atoms with Gasteiger partial charge in [0, 0.05) is 35.6 Å². The largest absolute Gasteiger partial charge is 0.371 e. The molecule has 0 aliphatic carbocycles. The Morgan fingerprint density at radius 3 is 2.50 bits per heavy atom. The van der Waals surface area contributed by atoms with Crippen LogP contribution in [0.5, 0.6) is 0 Å². The molecule has 0 saturated carbocycles. The van der Waals surface area contributed by atoms with Crippen molar-refractivity contribution in [1.29, 1.82) is 0 Å². The molecule has 30 heavy (non-hydrogen) atoms. The van der Waals surface area contributed by atoms with Gasteiger partial charge in [0.25, 0.3) is 0 Å². The average Bonchev–Trinajstić information content (AvgIpc) is 3.40. The van der Waals surface area contributed by atoms with Gasteiger partial charge in [-0.05, 0) is 60.9 Å². The zero-order valence-corrected chi connectivity index (χ0v) is 16.7. The summed E-state index contributed by atoms with van der Waals surface area (Å²) in [5.41, 5.74) is 9.41. The van der Waals surface area contributed by atoms with Crippen molar-refractivity contribution in [3.05, 3.63) is 53.6 Å².